The van der Waals surface area contributed by atoms with Gasteiger partial charge in [0.25, 0.3) is 17.7 Å². The Bertz CT molecular complexity index is 851. The van der Waals surface area contributed by atoms with E-state index in [4.69, 9.17) is 4.42 Å². The van der Waals surface area contributed by atoms with Gasteiger partial charge in [0.15, 0.2) is 13.1 Å². The topological polar surface area (TPSA) is 72.5 Å². The Morgan fingerprint density at radius 2 is 2.12 bits per heavy atom. The van der Waals surface area contributed by atoms with Crippen LogP contribution in [-0.2, 0) is 11.3 Å². The van der Waals surface area contributed by atoms with Gasteiger partial charge in [-0.25, -0.2) is 4.39 Å². The predicted molar refractivity (Wildman–Crippen MR) is 97.3 cm³/mol. The average molecular weight is 375 g/mol. The molecule has 0 spiro atoms. The summed E-state index contributed by atoms with van der Waals surface area (Å²) < 4.78 is 19.4. The number of nitrogens with one attached hydrogen (secondary N) is 2. The van der Waals surface area contributed by atoms with Crippen LogP contribution < -0.4 is 10.2 Å². The van der Waals surface area contributed by atoms with E-state index in [-0.39, 0.29) is 18.1 Å². The summed E-state index contributed by atoms with van der Waals surface area (Å²) >= 11 is 1.53. The molecule has 1 atom stereocenters. The van der Waals surface area contributed by atoms with E-state index in [0.29, 0.717) is 18.3 Å². The van der Waals surface area contributed by atoms with E-state index in [1.807, 2.05) is 24.4 Å². The van der Waals surface area contributed by atoms with Crippen molar-refractivity contribution in [2.45, 2.75) is 19.9 Å². The molecule has 2 aromatic heterocycles. The molecule has 8 heteroatoms. The fourth-order valence-electron chi connectivity index (χ4n) is 2.62. The van der Waals surface area contributed by atoms with Crippen molar-refractivity contribution in [3.8, 4) is 10.8 Å². The summed E-state index contributed by atoms with van der Waals surface area (Å²) in [7, 11) is 0. The number of halogens is 1. The van der Waals surface area contributed by atoms with Crippen LogP contribution in [0.3, 0.4) is 0 Å². The van der Waals surface area contributed by atoms with Crippen LogP contribution in [0.4, 0.5) is 10.1 Å². The highest BCUT2D eigenvalue weighted by atomic mass is 32.1. The summed E-state index contributed by atoms with van der Waals surface area (Å²) in [5.41, 5.74) is 0.186. The molecular formula is C18H20FN4O2S+. The third-order valence-corrected chi connectivity index (χ3v) is 4.62. The summed E-state index contributed by atoms with van der Waals surface area (Å²) in [5, 5.41) is 12.7. The molecule has 0 bridgehead atoms. The van der Waals surface area contributed by atoms with E-state index in [9.17, 15) is 9.18 Å². The van der Waals surface area contributed by atoms with Gasteiger partial charge in [0.05, 0.1) is 17.1 Å². The van der Waals surface area contributed by atoms with Crippen LogP contribution in [0.25, 0.3) is 10.8 Å². The van der Waals surface area contributed by atoms with Gasteiger partial charge in [-0.2, -0.15) is 0 Å². The lowest BCUT2D eigenvalue weighted by molar-refractivity contribution is -0.907. The van der Waals surface area contributed by atoms with Gasteiger partial charge in [-0.15, -0.1) is 21.5 Å². The monoisotopic (exact) mass is 375 g/mol. The first kappa shape index (κ1) is 18.2. The van der Waals surface area contributed by atoms with Crippen molar-refractivity contribution in [3.63, 3.8) is 0 Å². The standard InChI is InChI=1S/C18H19FN4O2S/c1-2-9-23(11-16(24)20-14-7-4-3-6-13(14)19)12-17-21-22-18(25-17)15-8-5-10-26-15/h3-8,10H,2,9,11-12H2,1H3,(H,20,24)/p+1. The molecular weight excluding hydrogens is 355 g/mol. The van der Waals surface area contributed by atoms with Crippen molar-refractivity contribution in [1.82, 2.24) is 10.2 Å². The SMILES string of the molecule is CCC[NH+](CC(=O)Nc1ccccc1F)Cc1nnc(-c2cccs2)o1. The predicted octanol–water partition coefficient (Wildman–Crippen LogP) is 2.37. The number of rotatable bonds is 8. The number of quaternary nitrogens is 1. The smallest absolute Gasteiger partial charge is 0.279 e. The van der Waals surface area contributed by atoms with Gasteiger partial charge in [-0.1, -0.05) is 25.1 Å². The minimum atomic E-state index is -0.449. The Hall–Kier alpha value is -2.58. The van der Waals surface area contributed by atoms with Crippen LogP contribution >= 0.6 is 11.3 Å². The highest BCUT2D eigenvalue weighted by Crippen LogP contribution is 2.22. The Labute approximate surface area is 154 Å². The van der Waals surface area contributed by atoms with Crippen molar-refractivity contribution < 1.29 is 18.5 Å². The van der Waals surface area contributed by atoms with E-state index >= 15 is 0 Å². The summed E-state index contributed by atoms with van der Waals surface area (Å²) in [5.74, 6) is 0.268. The van der Waals surface area contributed by atoms with E-state index in [1.165, 1.54) is 23.5 Å². The van der Waals surface area contributed by atoms with Crippen molar-refractivity contribution in [2.75, 3.05) is 18.4 Å². The second kappa shape index (κ2) is 8.68. The van der Waals surface area contributed by atoms with Gasteiger partial charge in [0.2, 0.25) is 0 Å². The number of thiophene rings is 1. The Kier molecular flexibility index (Phi) is 6.08. The first-order valence-corrected chi connectivity index (χ1v) is 9.28. The van der Waals surface area contributed by atoms with Gasteiger partial charge >= 0.3 is 0 Å². The third-order valence-electron chi connectivity index (χ3n) is 3.76. The van der Waals surface area contributed by atoms with Crippen LogP contribution in [0.5, 0.6) is 0 Å². The fraction of sp³-hybridized carbons (Fsp3) is 0.278. The van der Waals surface area contributed by atoms with Gasteiger partial charge in [-0.05, 0) is 30.0 Å². The lowest BCUT2D eigenvalue weighted by Gasteiger charge is -2.16. The summed E-state index contributed by atoms with van der Waals surface area (Å²) in [6.07, 6.45) is 0.897. The van der Waals surface area contributed by atoms with Gasteiger partial charge < -0.3 is 14.6 Å². The molecule has 0 aliphatic heterocycles. The number of nitrogens with zero attached hydrogens (tertiary/aromatic N) is 2. The van der Waals surface area contributed by atoms with Crippen LogP contribution in [0, 0.1) is 5.82 Å². The molecule has 2 N–H and O–H groups in total. The molecule has 0 aliphatic carbocycles. The molecule has 0 saturated carbocycles. The first-order valence-electron chi connectivity index (χ1n) is 8.40. The second-order valence-corrected chi connectivity index (χ2v) is 6.81. The minimum Gasteiger partial charge on any atom is -0.414 e. The van der Waals surface area contributed by atoms with Crippen molar-refractivity contribution in [2.24, 2.45) is 0 Å². The van der Waals surface area contributed by atoms with Crippen LogP contribution in [0.2, 0.25) is 0 Å². The molecule has 0 saturated heterocycles. The van der Waals surface area contributed by atoms with Crippen LogP contribution in [0.15, 0.2) is 46.2 Å². The maximum absolute atomic E-state index is 13.7. The molecule has 1 aromatic carbocycles. The summed E-state index contributed by atoms with van der Waals surface area (Å²) in [6, 6.07) is 9.96. The zero-order valence-electron chi connectivity index (χ0n) is 14.4. The molecule has 3 aromatic rings. The Morgan fingerprint density at radius 3 is 2.85 bits per heavy atom. The van der Waals surface area contributed by atoms with Gasteiger partial charge in [0.1, 0.15) is 5.82 Å². The number of aromatic nitrogens is 2. The highest BCUT2D eigenvalue weighted by molar-refractivity contribution is 7.13. The van der Waals surface area contributed by atoms with Crippen LogP contribution in [0.1, 0.15) is 19.2 Å². The number of hydrogen-bond donors (Lipinski definition) is 2. The number of carbonyl (C=O) groups is 1. The van der Waals surface area contributed by atoms with Crippen LogP contribution in [-0.4, -0.2) is 29.2 Å². The second-order valence-electron chi connectivity index (χ2n) is 5.86. The molecule has 1 amide bonds. The number of para-hydroxylation sites is 1. The molecule has 3 rings (SSSR count). The quantitative estimate of drug-likeness (QED) is 0.634. The van der Waals surface area contributed by atoms with E-state index < -0.39 is 5.82 Å². The van der Waals surface area contributed by atoms with E-state index in [1.54, 1.807) is 12.1 Å². The summed E-state index contributed by atoms with van der Waals surface area (Å²) in [6.45, 7) is 3.44. The maximum Gasteiger partial charge on any atom is 0.279 e. The largest absolute Gasteiger partial charge is 0.414 e. The van der Waals surface area contributed by atoms with Gasteiger partial charge in [-0.3, -0.25) is 4.79 Å². The average Bonchev–Trinajstić information content (AvgIpc) is 3.28. The third kappa shape index (κ3) is 4.74. The lowest BCUT2D eigenvalue weighted by atomic mass is 10.3. The molecule has 1 unspecified atom stereocenters. The highest BCUT2D eigenvalue weighted by Gasteiger charge is 2.19. The zero-order chi connectivity index (χ0) is 18.4. The number of benzene rings is 1. The molecule has 2 heterocycles. The lowest BCUT2D eigenvalue weighted by Crippen LogP contribution is -3.11. The van der Waals surface area contributed by atoms with Crippen molar-refractivity contribution in [1.29, 1.82) is 0 Å². The number of amides is 1. The minimum absolute atomic E-state index is 0.186. The molecule has 0 fully saturated rings. The van der Waals surface area contributed by atoms with E-state index in [2.05, 4.69) is 15.5 Å². The first-order chi connectivity index (χ1) is 12.7. The molecule has 26 heavy (non-hydrogen) atoms. The summed E-state index contributed by atoms with van der Waals surface area (Å²) in [4.78, 5) is 14.2. The molecule has 136 valence electrons. The maximum atomic E-state index is 13.7. The van der Waals surface area contributed by atoms with Crippen molar-refractivity contribution in [3.05, 3.63) is 53.5 Å². The van der Waals surface area contributed by atoms with Crippen molar-refractivity contribution >= 4 is 22.9 Å². The number of carbonyl (C=O) groups excluding carboxylic acids is 1. The zero-order valence-corrected chi connectivity index (χ0v) is 15.2. The molecule has 0 aliphatic rings. The Morgan fingerprint density at radius 1 is 1.27 bits per heavy atom. The fourth-order valence-corrected chi connectivity index (χ4v) is 3.26. The van der Waals surface area contributed by atoms with E-state index in [0.717, 1.165) is 22.7 Å². The molecule has 0 radical (unpaired) electrons. The number of anilines is 1. The normalized spacial score (nSPS) is 12.1. The molecule has 6 nitrogen and oxygen atoms in total. The van der Waals surface area contributed by atoms with Gasteiger partial charge in [0, 0.05) is 0 Å². The Balaban J connectivity index is 1.62. The number of hydrogen-bond acceptors (Lipinski definition) is 5.